The molecule has 1 aromatic rings. The minimum atomic E-state index is 0.0267. The molecular formula is C10H15NS. The van der Waals surface area contributed by atoms with Gasteiger partial charge in [-0.3, -0.25) is 0 Å². The molecule has 1 fully saturated rings. The summed E-state index contributed by atoms with van der Waals surface area (Å²) in [6.07, 6.45) is 4.95. The van der Waals surface area contributed by atoms with E-state index in [1.54, 1.807) is 0 Å². The molecule has 2 N–H and O–H groups in total. The van der Waals surface area contributed by atoms with Crippen molar-refractivity contribution < 1.29 is 0 Å². The van der Waals surface area contributed by atoms with Gasteiger partial charge in [0.15, 0.2) is 0 Å². The van der Waals surface area contributed by atoms with Crippen molar-refractivity contribution in [2.24, 2.45) is 5.73 Å². The highest BCUT2D eigenvalue weighted by Gasteiger charge is 2.32. The van der Waals surface area contributed by atoms with Gasteiger partial charge in [-0.15, -0.1) is 11.3 Å². The fraction of sp³-hybridized carbons (Fsp3) is 0.600. The van der Waals surface area contributed by atoms with E-state index in [9.17, 15) is 0 Å². The second-order valence-corrected chi connectivity index (χ2v) is 4.76. The standard InChI is InChI=1S/C10H15NS/c1-8-6-9(12-7-8)10(11)4-2-3-5-10/h6-7H,2-5,11H2,1H3. The smallest absolute Gasteiger partial charge is 0.0503 e. The Morgan fingerprint density at radius 1 is 1.42 bits per heavy atom. The molecule has 0 aliphatic heterocycles. The van der Waals surface area contributed by atoms with Crippen molar-refractivity contribution in [2.75, 3.05) is 0 Å². The molecule has 0 amide bonds. The largest absolute Gasteiger partial charge is 0.321 e. The Bertz CT molecular complexity index is 271. The van der Waals surface area contributed by atoms with Gasteiger partial charge in [0.1, 0.15) is 0 Å². The first kappa shape index (κ1) is 8.27. The van der Waals surface area contributed by atoms with Crippen molar-refractivity contribution >= 4 is 11.3 Å². The van der Waals surface area contributed by atoms with E-state index in [0.717, 1.165) is 0 Å². The van der Waals surface area contributed by atoms with E-state index in [-0.39, 0.29) is 5.54 Å². The second kappa shape index (κ2) is 2.86. The van der Waals surface area contributed by atoms with E-state index in [1.807, 2.05) is 11.3 Å². The Kier molecular flexibility index (Phi) is 1.97. The van der Waals surface area contributed by atoms with Crippen molar-refractivity contribution in [3.63, 3.8) is 0 Å². The van der Waals surface area contributed by atoms with Crippen LogP contribution in [-0.2, 0) is 5.54 Å². The second-order valence-electron chi connectivity index (χ2n) is 3.85. The van der Waals surface area contributed by atoms with Crippen LogP contribution < -0.4 is 5.73 Å². The zero-order valence-corrected chi connectivity index (χ0v) is 8.29. The summed E-state index contributed by atoms with van der Waals surface area (Å²) in [5.41, 5.74) is 7.68. The summed E-state index contributed by atoms with van der Waals surface area (Å²) >= 11 is 1.82. The molecule has 1 aliphatic rings. The monoisotopic (exact) mass is 181 g/mol. The lowest BCUT2D eigenvalue weighted by Gasteiger charge is -2.21. The first-order valence-electron chi connectivity index (χ1n) is 4.55. The quantitative estimate of drug-likeness (QED) is 0.708. The summed E-state index contributed by atoms with van der Waals surface area (Å²) in [5.74, 6) is 0. The topological polar surface area (TPSA) is 26.0 Å². The third-order valence-corrected chi connectivity index (χ3v) is 3.99. The third kappa shape index (κ3) is 1.29. The summed E-state index contributed by atoms with van der Waals surface area (Å²) in [5, 5.41) is 2.20. The van der Waals surface area contributed by atoms with Gasteiger partial charge < -0.3 is 5.73 Å². The summed E-state index contributed by atoms with van der Waals surface area (Å²) < 4.78 is 0. The van der Waals surface area contributed by atoms with Gasteiger partial charge >= 0.3 is 0 Å². The van der Waals surface area contributed by atoms with Gasteiger partial charge in [-0.05, 0) is 36.8 Å². The number of aryl methyl sites for hydroxylation is 1. The highest BCUT2D eigenvalue weighted by atomic mass is 32.1. The van der Waals surface area contributed by atoms with Crippen LogP contribution in [0.25, 0.3) is 0 Å². The molecular weight excluding hydrogens is 166 g/mol. The lowest BCUT2D eigenvalue weighted by molar-refractivity contribution is 0.471. The molecule has 0 radical (unpaired) electrons. The van der Waals surface area contributed by atoms with E-state index in [2.05, 4.69) is 18.4 Å². The molecule has 0 saturated heterocycles. The molecule has 0 aromatic carbocycles. The zero-order valence-electron chi connectivity index (χ0n) is 7.47. The maximum atomic E-state index is 6.30. The first-order valence-corrected chi connectivity index (χ1v) is 5.43. The van der Waals surface area contributed by atoms with E-state index < -0.39 is 0 Å². The molecule has 1 aromatic heterocycles. The third-order valence-electron chi connectivity index (χ3n) is 2.72. The molecule has 0 bridgehead atoms. The number of hydrogen-bond donors (Lipinski definition) is 1. The van der Waals surface area contributed by atoms with Crippen LogP contribution in [0.15, 0.2) is 11.4 Å². The van der Waals surface area contributed by atoms with Crippen molar-refractivity contribution in [1.29, 1.82) is 0 Å². The van der Waals surface area contributed by atoms with Gasteiger partial charge in [-0.25, -0.2) is 0 Å². The van der Waals surface area contributed by atoms with E-state index >= 15 is 0 Å². The van der Waals surface area contributed by atoms with E-state index in [0.29, 0.717) is 0 Å². The Labute approximate surface area is 77.6 Å². The molecule has 1 nitrogen and oxygen atoms in total. The van der Waals surface area contributed by atoms with Crippen LogP contribution >= 0.6 is 11.3 Å². The maximum absolute atomic E-state index is 6.30. The lowest BCUT2D eigenvalue weighted by Crippen LogP contribution is -2.31. The number of nitrogens with two attached hydrogens (primary N) is 1. The Hall–Kier alpha value is -0.340. The molecule has 66 valence electrons. The molecule has 0 spiro atoms. The van der Waals surface area contributed by atoms with Crippen molar-refractivity contribution in [3.8, 4) is 0 Å². The van der Waals surface area contributed by atoms with Crippen LogP contribution in [0, 0.1) is 6.92 Å². The van der Waals surface area contributed by atoms with Gasteiger partial charge in [-0.2, -0.15) is 0 Å². The number of thiophene rings is 1. The molecule has 0 atom stereocenters. The SMILES string of the molecule is Cc1csc(C2(N)CCCC2)c1. The highest BCUT2D eigenvalue weighted by Crippen LogP contribution is 2.38. The molecule has 1 heterocycles. The van der Waals surface area contributed by atoms with Crippen LogP contribution in [0.1, 0.15) is 36.1 Å². The molecule has 1 saturated carbocycles. The Balaban J connectivity index is 2.28. The van der Waals surface area contributed by atoms with Crippen molar-refractivity contribution in [3.05, 3.63) is 21.9 Å². The normalized spacial score (nSPS) is 21.5. The fourth-order valence-electron chi connectivity index (χ4n) is 1.94. The van der Waals surface area contributed by atoms with Gasteiger partial charge in [-0.1, -0.05) is 12.8 Å². The molecule has 12 heavy (non-hydrogen) atoms. The van der Waals surface area contributed by atoms with Crippen LogP contribution in [0.2, 0.25) is 0 Å². The summed E-state index contributed by atoms with van der Waals surface area (Å²) in [7, 11) is 0. The minimum Gasteiger partial charge on any atom is -0.321 e. The van der Waals surface area contributed by atoms with Crippen molar-refractivity contribution in [1.82, 2.24) is 0 Å². The molecule has 1 aliphatic carbocycles. The Morgan fingerprint density at radius 2 is 2.08 bits per heavy atom. The van der Waals surface area contributed by atoms with Gasteiger partial charge in [0.2, 0.25) is 0 Å². The lowest BCUT2D eigenvalue weighted by atomic mass is 9.97. The van der Waals surface area contributed by atoms with Gasteiger partial charge in [0.25, 0.3) is 0 Å². The van der Waals surface area contributed by atoms with Gasteiger partial charge in [0, 0.05) is 4.88 Å². The van der Waals surface area contributed by atoms with Crippen LogP contribution in [0.5, 0.6) is 0 Å². The van der Waals surface area contributed by atoms with Crippen LogP contribution in [0.4, 0.5) is 0 Å². The Morgan fingerprint density at radius 3 is 2.58 bits per heavy atom. The predicted octanol–water partition coefficient (Wildman–Crippen LogP) is 2.78. The summed E-state index contributed by atoms with van der Waals surface area (Å²) in [6, 6.07) is 2.25. The molecule has 2 rings (SSSR count). The average Bonchev–Trinajstić information content (AvgIpc) is 2.59. The first-order chi connectivity index (χ1) is 5.71. The van der Waals surface area contributed by atoms with Crippen LogP contribution in [0.3, 0.4) is 0 Å². The average molecular weight is 181 g/mol. The number of hydrogen-bond acceptors (Lipinski definition) is 2. The minimum absolute atomic E-state index is 0.0267. The van der Waals surface area contributed by atoms with E-state index in [4.69, 9.17) is 5.73 Å². The van der Waals surface area contributed by atoms with E-state index in [1.165, 1.54) is 36.1 Å². The predicted molar refractivity (Wildman–Crippen MR) is 53.4 cm³/mol. The summed E-state index contributed by atoms with van der Waals surface area (Å²) in [4.78, 5) is 1.39. The van der Waals surface area contributed by atoms with Gasteiger partial charge in [0.05, 0.1) is 5.54 Å². The molecule has 0 unspecified atom stereocenters. The maximum Gasteiger partial charge on any atom is 0.0503 e. The molecule has 2 heteroatoms. The highest BCUT2D eigenvalue weighted by molar-refractivity contribution is 7.10. The van der Waals surface area contributed by atoms with Crippen molar-refractivity contribution in [2.45, 2.75) is 38.1 Å². The zero-order chi connectivity index (χ0) is 8.60. The number of rotatable bonds is 1. The van der Waals surface area contributed by atoms with Crippen LogP contribution in [-0.4, -0.2) is 0 Å². The fourth-order valence-corrected chi connectivity index (χ4v) is 3.02. The summed E-state index contributed by atoms with van der Waals surface area (Å²) in [6.45, 7) is 2.14.